The fourth-order valence-corrected chi connectivity index (χ4v) is 3.05. The van der Waals surface area contributed by atoms with Gasteiger partial charge in [0.05, 0.1) is 10.6 Å². The van der Waals surface area contributed by atoms with Crippen LogP contribution in [0, 0.1) is 0 Å². The third-order valence-electron chi connectivity index (χ3n) is 3.25. The van der Waals surface area contributed by atoms with Gasteiger partial charge < -0.3 is 10.1 Å². The lowest BCUT2D eigenvalue weighted by molar-refractivity contribution is -0.115. The molecule has 2 aromatic rings. The second-order valence-electron chi connectivity index (χ2n) is 5.13. The molecule has 0 aliphatic carbocycles. The molecule has 0 bridgehead atoms. The minimum absolute atomic E-state index is 0.162. The van der Waals surface area contributed by atoms with Crippen molar-refractivity contribution in [1.82, 2.24) is 5.32 Å². The van der Waals surface area contributed by atoms with Crippen molar-refractivity contribution in [3.8, 4) is 5.75 Å². The number of nitrogens with one attached hydrogen (secondary N) is 1. The Labute approximate surface area is 155 Å². The predicted molar refractivity (Wildman–Crippen MR) is 104 cm³/mol. The van der Waals surface area contributed by atoms with Gasteiger partial charge >= 0.3 is 0 Å². The number of hydrogen-bond acceptors (Lipinski definition) is 4. The first-order chi connectivity index (χ1) is 12.1. The van der Waals surface area contributed by atoms with Crippen molar-refractivity contribution < 1.29 is 9.53 Å². The molecule has 0 aromatic heterocycles. The van der Waals surface area contributed by atoms with Crippen molar-refractivity contribution in [2.24, 2.45) is 4.99 Å². The molecule has 0 saturated carbocycles. The van der Waals surface area contributed by atoms with Crippen LogP contribution >= 0.6 is 23.4 Å². The van der Waals surface area contributed by atoms with Gasteiger partial charge in [-0.05, 0) is 59.8 Å². The van der Waals surface area contributed by atoms with Gasteiger partial charge in [-0.25, -0.2) is 4.99 Å². The van der Waals surface area contributed by atoms with Crippen molar-refractivity contribution in [2.75, 3.05) is 6.61 Å². The Hall–Kier alpha value is -2.50. The van der Waals surface area contributed by atoms with Gasteiger partial charge in [0.15, 0.2) is 5.17 Å². The molecule has 1 heterocycles. The number of carbonyl (C=O) groups is 1. The Balaban J connectivity index is 1.72. The first kappa shape index (κ1) is 17.3. The topological polar surface area (TPSA) is 50.7 Å². The van der Waals surface area contributed by atoms with E-state index < -0.39 is 0 Å². The van der Waals surface area contributed by atoms with E-state index in [1.165, 1.54) is 11.8 Å². The first-order valence-corrected chi connectivity index (χ1v) is 8.72. The van der Waals surface area contributed by atoms with Gasteiger partial charge in [0.2, 0.25) is 0 Å². The lowest BCUT2D eigenvalue weighted by atomic mass is 10.2. The quantitative estimate of drug-likeness (QED) is 0.607. The maximum Gasteiger partial charge on any atom is 0.264 e. The van der Waals surface area contributed by atoms with E-state index in [4.69, 9.17) is 16.3 Å². The number of rotatable bonds is 5. The summed E-state index contributed by atoms with van der Waals surface area (Å²) in [7, 11) is 0. The van der Waals surface area contributed by atoms with Gasteiger partial charge in [0.1, 0.15) is 12.4 Å². The zero-order valence-corrected chi connectivity index (χ0v) is 14.8. The fraction of sp³-hybridized carbons (Fsp3) is 0.0526. The molecule has 0 atom stereocenters. The highest BCUT2D eigenvalue weighted by molar-refractivity contribution is 8.18. The van der Waals surface area contributed by atoms with Crippen molar-refractivity contribution >= 4 is 46.2 Å². The van der Waals surface area contributed by atoms with Crippen LogP contribution in [0.5, 0.6) is 5.75 Å². The normalized spacial score (nSPS) is 16.9. The summed E-state index contributed by atoms with van der Waals surface area (Å²) in [6.45, 7) is 4.07. The molecule has 1 fully saturated rings. The van der Waals surface area contributed by atoms with Gasteiger partial charge in [0, 0.05) is 5.02 Å². The Kier molecular flexibility index (Phi) is 5.58. The largest absolute Gasteiger partial charge is 0.490 e. The number of carbonyl (C=O) groups excluding carboxylic acids is 1. The number of halogens is 1. The summed E-state index contributed by atoms with van der Waals surface area (Å²) in [5.74, 6) is 0.597. The average molecular weight is 371 g/mol. The second kappa shape index (κ2) is 8.05. The highest BCUT2D eigenvalue weighted by atomic mass is 35.5. The van der Waals surface area contributed by atoms with Crippen molar-refractivity contribution in [3.63, 3.8) is 0 Å². The van der Waals surface area contributed by atoms with E-state index in [-0.39, 0.29) is 5.91 Å². The Morgan fingerprint density at radius 2 is 1.88 bits per heavy atom. The highest BCUT2D eigenvalue weighted by Crippen LogP contribution is 2.28. The summed E-state index contributed by atoms with van der Waals surface area (Å²) in [4.78, 5) is 17.1. The van der Waals surface area contributed by atoms with Crippen LogP contribution in [0.2, 0.25) is 5.02 Å². The van der Waals surface area contributed by atoms with E-state index in [2.05, 4.69) is 16.9 Å². The zero-order chi connectivity index (χ0) is 17.6. The molecule has 1 amide bonds. The van der Waals surface area contributed by atoms with Crippen LogP contribution in [0.25, 0.3) is 6.08 Å². The molecule has 126 valence electrons. The molecule has 4 nitrogen and oxygen atoms in total. The van der Waals surface area contributed by atoms with Gasteiger partial charge in [-0.1, -0.05) is 36.4 Å². The van der Waals surface area contributed by atoms with Crippen LogP contribution in [0.4, 0.5) is 5.69 Å². The molecule has 2 aromatic carbocycles. The molecule has 0 unspecified atom stereocenters. The molecule has 0 radical (unpaired) electrons. The molecule has 25 heavy (non-hydrogen) atoms. The number of aliphatic imine (C=N–C) groups is 1. The van der Waals surface area contributed by atoms with Gasteiger partial charge in [-0.15, -0.1) is 0 Å². The maximum atomic E-state index is 12.1. The summed E-state index contributed by atoms with van der Waals surface area (Å²) in [6, 6.07) is 14.6. The Bertz CT molecular complexity index is 843. The second-order valence-corrected chi connectivity index (χ2v) is 6.59. The van der Waals surface area contributed by atoms with Crippen LogP contribution in [0.15, 0.2) is 71.1 Å². The van der Waals surface area contributed by atoms with Gasteiger partial charge in [-0.2, -0.15) is 0 Å². The Morgan fingerprint density at radius 3 is 2.56 bits per heavy atom. The molecule has 1 N–H and O–H groups in total. The minimum atomic E-state index is -0.162. The van der Waals surface area contributed by atoms with E-state index in [1.807, 2.05) is 30.3 Å². The average Bonchev–Trinajstić information content (AvgIpc) is 2.95. The summed E-state index contributed by atoms with van der Waals surface area (Å²) in [5, 5.41) is 3.96. The van der Waals surface area contributed by atoms with E-state index in [0.717, 1.165) is 17.0 Å². The minimum Gasteiger partial charge on any atom is -0.490 e. The molecular weight excluding hydrogens is 356 g/mol. The van der Waals surface area contributed by atoms with Crippen LogP contribution in [-0.4, -0.2) is 17.7 Å². The SMILES string of the molecule is C=CCOc1ccc(/C=C2/SC(=Nc3ccc(Cl)cc3)NC2=O)cc1. The number of benzene rings is 2. The number of amides is 1. The van der Waals surface area contributed by atoms with E-state index in [9.17, 15) is 4.79 Å². The zero-order valence-electron chi connectivity index (χ0n) is 13.2. The summed E-state index contributed by atoms with van der Waals surface area (Å²) in [5.41, 5.74) is 1.65. The molecule has 3 rings (SSSR count). The number of amidine groups is 1. The summed E-state index contributed by atoms with van der Waals surface area (Å²) < 4.78 is 5.44. The molecule has 0 spiro atoms. The molecule has 1 saturated heterocycles. The van der Waals surface area contributed by atoms with Crippen LogP contribution in [0.1, 0.15) is 5.56 Å². The number of nitrogens with zero attached hydrogens (tertiary/aromatic N) is 1. The molecule has 1 aliphatic heterocycles. The van der Waals surface area contributed by atoms with Crippen LogP contribution in [-0.2, 0) is 4.79 Å². The number of ether oxygens (including phenoxy) is 1. The third kappa shape index (κ3) is 4.75. The summed E-state index contributed by atoms with van der Waals surface area (Å²) in [6.07, 6.45) is 3.51. The van der Waals surface area contributed by atoms with Gasteiger partial charge in [-0.3, -0.25) is 4.79 Å². The Morgan fingerprint density at radius 1 is 1.16 bits per heavy atom. The van der Waals surface area contributed by atoms with E-state index >= 15 is 0 Å². The van der Waals surface area contributed by atoms with Crippen molar-refractivity contribution in [3.05, 3.63) is 76.7 Å². The lowest BCUT2D eigenvalue weighted by Crippen LogP contribution is -2.19. The molecule has 1 aliphatic rings. The lowest BCUT2D eigenvalue weighted by Gasteiger charge is -2.03. The third-order valence-corrected chi connectivity index (χ3v) is 4.42. The van der Waals surface area contributed by atoms with Crippen molar-refractivity contribution in [2.45, 2.75) is 0 Å². The van der Waals surface area contributed by atoms with E-state index in [0.29, 0.717) is 21.7 Å². The monoisotopic (exact) mass is 370 g/mol. The van der Waals surface area contributed by atoms with Crippen LogP contribution in [0.3, 0.4) is 0 Å². The van der Waals surface area contributed by atoms with Gasteiger partial charge in [0.25, 0.3) is 5.91 Å². The number of hydrogen-bond donors (Lipinski definition) is 1. The molecular formula is C19H15ClN2O2S. The van der Waals surface area contributed by atoms with E-state index in [1.54, 1.807) is 30.3 Å². The highest BCUT2D eigenvalue weighted by Gasteiger charge is 2.23. The molecule has 6 heteroatoms. The summed E-state index contributed by atoms with van der Waals surface area (Å²) >= 11 is 7.16. The van der Waals surface area contributed by atoms with Crippen LogP contribution < -0.4 is 10.1 Å². The first-order valence-electron chi connectivity index (χ1n) is 7.53. The fourth-order valence-electron chi connectivity index (χ4n) is 2.08. The standard InChI is InChI=1S/C19H15ClN2O2S/c1-2-11-24-16-9-3-13(4-10-16)12-17-18(23)22-19(25-17)21-15-7-5-14(20)6-8-15/h2-10,12H,1,11H2,(H,21,22,23)/b17-12+. The predicted octanol–water partition coefficient (Wildman–Crippen LogP) is 4.80. The maximum absolute atomic E-state index is 12.1. The van der Waals surface area contributed by atoms with Crippen molar-refractivity contribution in [1.29, 1.82) is 0 Å². The number of thioether (sulfide) groups is 1. The smallest absolute Gasteiger partial charge is 0.264 e.